The van der Waals surface area contributed by atoms with Crippen molar-refractivity contribution in [1.29, 1.82) is 0 Å². The van der Waals surface area contributed by atoms with Gasteiger partial charge in [-0.25, -0.2) is 9.37 Å². The van der Waals surface area contributed by atoms with Crippen LogP contribution < -0.4 is 5.32 Å². The zero-order chi connectivity index (χ0) is 14.9. The molecule has 1 fully saturated rings. The van der Waals surface area contributed by atoms with Gasteiger partial charge in [-0.3, -0.25) is 0 Å². The van der Waals surface area contributed by atoms with E-state index in [0.29, 0.717) is 17.4 Å². The number of fused-ring (bicyclic) bond motifs is 1. The molecule has 4 rings (SSSR count). The SMILES string of the molecule is Fc1ccc(-c2noc3ncnc(NC4CCCC4)c23)cc1. The first-order valence-electron chi connectivity index (χ1n) is 7.44. The Balaban J connectivity index is 1.80. The lowest BCUT2D eigenvalue weighted by Gasteiger charge is -2.12. The lowest BCUT2D eigenvalue weighted by molar-refractivity contribution is 0.451. The van der Waals surface area contributed by atoms with E-state index in [-0.39, 0.29) is 5.82 Å². The van der Waals surface area contributed by atoms with Crippen LogP contribution in [-0.2, 0) is 0 Å². The molecule has 0 atom stereocenters. The molecule has 0 amide bonds. The summed E-state index contributed by atoms with van der Waals surface area (Å²) in [5.41, 5.74) is 1.86. The molecule has 112 valence electrons. The first-order chi connectivity index (χ1) is 10.8. The van der Waals surface area contributed by atoms with Crippen LogP contribution in [-0.4, -0.2) is 21.2 Å². The number of halogens is 1. The maximum absolute atomic E-state index is 13.1. The van der Waals surface area contributed by atoms with Gasteiger partial charge < -0.3 is 9.84 Å². The minimum atomic E-state index is -0.280. The van der Waals surface area contributed by atoms with Gasteiger partial charge in [-0.1, -0.05) is 18.0 Å². The number of hydrogen-bond donors (Lipinski definition) is 1. The van der Waals surface area contributed by atoms with Crippen molar-refractivity contribution >= 4 is 16.9 Å². The first-order valence-corrected chi connectivity index (χ1v) is 7.44. The van der Waals surface area contributed by atoms with Gasteiger partial charge in [-0.05, 0) is 37.1 Å². The average molecular weight is 298 g/mol. The Morgan fingerprint density at radius 1 is 1.09 bits per heavy atom. The molecule has 1 N–H and O–H groups in total. The highest BCUT2D eigenvalue weighted by Gasteiger charge is 2.20. The van der Waals surface area contributed by atoms with Gasteiger partial charge in [-0.15, -0.1) is 0 Å². The summed E-state index contributed by atoms with van der Waals surface area (Å²) >= 11 is 0. The highest BCUT2D eigenvalue weighted by Crippen LogP contribution is 2.32. The second-order valence-electron chi connectivity index (χ2n) is 5.57. The number of rotatable bonds is 3. The molecule has 1 aliphatic rings. The van der Waals surface area contributed by atoms with Crippen molar-refractivity contribution in [2.75, 3.05) is 5.32 Å². The van der Waals surface area contributed by atoms with Crippen LogP contribution in [0.4, 0.5) is 10.2 Å². The van der Waals surface area contributed by atoms with Gasteiger partial charge in [0.15, 0.2) is 0 Å². The summed E-state index contributed by atoms with van der Waals surface area (Å²) in [6.07, 6.45) is 6.23. The topological polar surface area (TPSA) is 63.8 Å². The fourth-order valence-electron chi connectivity index (χ4n) is 2.96. The standard InChI is InChI=1S/C16H15FN4O/c17-11-7-5-10(6-8-11)14-13-15(20-12-3-1-2-4-12)18-9-19-16(13)22-21-14/h5-9,12H,1-4H2,(H,18,19,20). The van der Waals surface area contributed by atoms with Gasteiger partial charge in [-0.2, -0.15) is 4.98 Å². The van der Waals surface area contributed by atoms with E-state index in [4.69, 9.17) is 4.52 Å². The van der Waals surface area contributed by atoms with Crippen LogP contribution >= 0.6 is 0 Å². The molecule has 6 heteroatoms. The van der Waals surface area contributed by atoms with Crippen LogP contribution in [0, 0.1) is 5.82 Å². The zero-order valence-corrected chi connectivity index (χ0v) is 11.9. The van der Waals surface area contributed by atoms with Crippen LogP contribution in [0.25, 0.3) is 22.4 Å². The Morgan fingerprint density at radius 3 is 2.64 bits per heavy atom. The molecule has 1 aliphatic carbocycles. The van der Waals surface area contributed by atoms with Crippen LogP contribution in [0.1, 0.15) is 25.7 Å². The third-order valence-corrected chi connectivity index (χ3v) is 4.09. The molecule has 1 aromatic carbocycles. The van der Waals surface area contributed by atoms with Crippen LogP contribution in [0.5, 0.6) is 0 Å². The molecule has 1 saturated carbocycles. The van der Waals surface area contributed by atoms with Gasteiger partial charge in [0.2, 0.25) is 0 Å². The Bertz CT molecular complexity index is 794. The highest BCUT2D eigenvalue weighted by molar-refractivity contribution is 5.97. The minimum Gasteiger partial charge on any atom is -0.367 e. The molecular formula is C16H15FN4O. The predicted molar refractivity (Wildman–Crippen MR) is 80.9 cm³/mol. The Hall–Kier alpha value is -2.50. The Morgan fingerprint density at radius 2 is 1.86 bits per heavy atom. The summed E-state index contributed by atoms with van der Waals surface area (Å²) in [5.74, 6) is 0.453. The summed E-state index contributed by atoms with van der Waals surface area (Å²) in [6.45, 7) is 0. The normalized spacial score (nSPS) is 15.5. The molecule has 0 spiro atoms. The monoisotopic (exact) mass is 298 g/mol. The summed E-state index contributed by atoms with van der Waals surface area (Å²) < 4.78 is 18.4. The quantitative estimate of drug-likeness (QED) is 0.797. The number of benzene rings is 1. The molecule has 0 bridgehead atoms. The van der Waals surface area contributed by atoms with Crippen molar-refractivity contribution < 1.29 is 8.91 Å². The largest absolute Gasteiger partial charge is 0.367 e. The lowest BCUT2D eigenvalue weighted by atomic mass is 10.1. The maximum atomic E-state index is 13.1. The molecule has 2 heterocycles. The van der Waals surface area contributed by atoms with Crippen molar-refractivity contribution in [1.82, 2.24) is 15.1 Å². The highest BCUT2D eigenvalue weighted by atomic mass is 19.1. The van der Waals surface area contributed by atoms with E-state index in [2.05, 4.69) is 20.4 Å². The zero-order valence-electron chi connectivity index (χ0n) is 11.9. The average Bonchev–Trinajstić information content (AvgIpc) is 3.18. The summed E-state index contributed by atoms with van der Waals surface area (Å²) in [5, 5.41) is 8.31. The molecule has 0 saturated heterocycles. The Labute approximate surface area is 126 Å². The van der Waals surface area contributed by atoms with Crippen LogP contribution in [0.3, 0.4) is 0 Å². The Kier molecular flexibility index (Phi) is 3.21. The summed E-state index contributed by atoms with van der Waals surface area (Å²) in [4.78, 5) is 8.48. The van der Waals surface area contributed by atoms with E-state index in [9.17, 15) is 4.39 Å². The number of hydrogen-bond acceptors (Lipinski definition) is 5. The molecule has 5 nitrogen and oxygen atoms in total. The van der Waals surface area contributed by atoms with Gasteiger partial charge in [0, 0.05) is 11.6 Å². The van der Waals surface area contributed by atoms with Crippen molar-refractivity contribution in [2.45, 2.75) is 31.7 Å². The summed E-state index contributed by atoms with van der Waals surface area (Å²) in [6, 6.07) is 6.60. The molecule has 0 unspecified atom stereocenters. The van der Waals surface area contributed by atoms with Gasteiger partial charge in [0.05, 0.1) is 0 Å². The van der Waals surface area contributed by atoms with Crippen molar-refractivity contribution in [3.8, 4) is 11.3 Å². The van der Waals surface area contributed by atoms with Crippen LogP contribution in [0.2, 0.25) is 0 Å². The van der Waals surface area contributed by atoms with Crippen molar-refractivity contribution in [3.05, 3.63) is 36.4 Å². The van der Waals surface area contributed by atoms with Gasteiger partial charge >= 0.3 is 0 Å². The molecular weight excluding hydrogens is 283 g/mol. The van der Waals surface area contributed by atoms with Crippen molar-refractivity contribution in [3.63, 3.8) is 0 Å². The van der Waals surface area contributed by atoms with E-state index < -0.39 is 0 Å². The number of anilines is 1. The lowest BCUT2D eigenvalue weighted by Crippen LogP contribution is -2.15. The smallest absolute Gasteiger partial charge is 0.263 e. The number of nitrogens with one attached hydrogen (secondary N) is 1. The fourth-order valence-corrected chi connectivity index (χ4v) is 2.96. The maximum Gasteiger partial charge on any atom is 0.263 e. The first kappa shape index (κ1) is 13.2. The molecule has 0 radical (unpaired) electrons. The van der Waals surface area contributed by atoms with E-state index in [1.165, 1.54) is 31.3 Å². The van der Waals surface area contributed by atoms with E-state index in [1.807, 2.05) is 0 Å². The minimum absolute atomic E-state index is 0.280. The summed E-state index contributed by atoms with van der Waals surface area (Å²) in [7, 11) is 0. The number of nitrogens with zero attached hydrogens (tertiary/aromatic N) is 3. The van der Waals surface area contributed by atoms with Gasteiger partial charge in [0.25, 0.3) is 5.71 Å². The van der Waals surface area contributed by atoms with Crippen molar-refractivity contribution in [2.24, 2.45) is 0 Å². The predicted octanol–water partition coefficient (Wildman–Crippen LogP) is 3.78. The fraction of sp³-hybridized carbons (Fsp3) is 0.312. The van der Waals surface area contributed by atoms with Gasteiger partial charge in [0.1, 0.15) is 29.0 Å². The molecule has 0 aliphatic heterocycles. The second kappa shape index (κ2) is 5.36. The molecule has 2 aromatic heterocycles. The number of aromatic nitrogens is 3. The van der Waals surface area contributed by atoms with E-state index >= 15 is 0 Å². The third kappa shape index (κ3) is 2.30. The molecule has 22 heavy (non-hydrogen) atoms. The van der Waals surface area contributed by atoms with Crippen LogP contribution in [0.15, 0.2) is 35.1 Å². The second-order valence-corrected chi connectivity index (χ2v) is 5.57. The molecule has 3 aromatic rings. The van der Waals surface area contributed by atoms with E-state index in [1.54, 1.807) is 12.1 Å². The van der Waals surface area contributed by atoms with E-state index in [0.717, 1.165) is 29.6 Å². The third-order valence-electron chi connectivity index (χ3n) is 4.09.